The van der Waals surface area contributed by atoms with E-state index in [-0.39, 0.29) is 53.1 Å². The van der Waals surface area contributed by atoms with Gasteiger partial charge in [-0.3, -0.25) is 14.4 Å². The number of fused-ring (bicyclic) bond motifs is 2. The SMILES string of the molecule is C=CC(=O)N1CCn2nc(-c3nc(-c4ccc(OCCN5CCC5)cc4)c4scc(F)c4c3-c3c(F)cc(F)cc3OCCOC)cc2C1C. The predicted octanol–water partition coefficient (Wildman–Crippen LogP) is 7.11. The zero-order valence-corrected chi connectivity index (χ0v) is 28.6. The van der Waals surface area contributed by atoms with E-state index in [9.17, 15) is 9.18 Å². The van der Waals surface area contributed by atoms with Gasteiger partial charge in [0.25, 0.3) is 0 Å². The van der Waals surface area contributed by atoms with Crippen LogP contribution < -0.4 is 9.47 Å². The molecule has 9 nitrogen and oxygen atoms in total. The molecule has 1 fully saturated rings. The molecule has 1 amide bonds. The summed E-state index contributed by atoms with van der Waals surface area (Å²) in [6, 6.07) is 10.6. The van der Waals surface area contributed by atoms with Crippen LogP contribution >= 0.6 is 11.3 Å². The molecule has 2 aromatic carbocycles. The molecule has 260 valence electrons. The van der Waals surface area contributed by atoms with Crippen molar-refractivity contribution in [3.63, 3.8) is 0 Å². The largest absolute Gasteiger partial charge is 0.492 e. The zero-order valence-electron chi connectivity index (χ0n) is 27.8. The molecule has 3 aromatic heterocycles. The van der Waals surface area contributed by atoms with E-state index in [2.05, 4.69) is 11.5 Å². The molecule has 0 bridgehead atoms. The van der Waals surface area contributed by atoms with Gasteiger partial charge in [0.05, 0.1) is 40.8 Å². The minimum absolute atomic E-state index is 0.00158. The average Bonchev–Trinajstić information content (AvgIpc) is 3.70. The monoisotopic (exact) mass is 703 g/mol. The van der Waals surface area contributed by atoms with Crippen molar-refractivity contribution in [3.05, 3.63) is 83.6 Å². The van der Waals surface area contributed by atoms with Crippen molar-refractivity contribution in [2.45, 2.75) is 25.9 Å². The van der Waals surface area contributed by atoms with E-state index >= 15 is 8.78 Å². The normalized spacial score (nSPS) is 15.9. The fourth-order valence-corrected chi connectivity index (χ4v) is 7.42. The molecule has 0 aliphatic carbocycles. The van der Waals surface area contributed by atoms with Crippen LogP contribution in [0.3, 0.4) is 0 Å². The van der Waals surface area contributed by atoms with Gasteiger partial charge in [-0.05, 0) is 62.8 Å². The topological polar surface area (TPSA) is 82.0 Å². The van der Waals surface area contributed by atoms with Gasteiger partial charge in [0, 0.05) is 54.2 Å². The lowest BCUT2D eigenvalue weighted by Crippen LogP contribution is -2.40. The molecular weight excluding hydrogens is 667 g/mol. The zero-order chi connectivity index (χ0) is 34.9. The Balaban J connectivity index is 1.40. The van der Waals surface area contributed by atoms with E-state index < -0.39 is 17.5 Å². The molecule has 13 heteroatoms. The van der Waals surface area contributed by atoms with Crippen LogP contribution in [0.25, 0.3) is 43.9 Å². The summed E-state index contributed by atoms with van der Waals surface area (Å²) in [5.41, 5.74) is 2.33. The molecule has 5 aromatic rings. The number of hydrogen-bond acceptors (Lipinski definition) is 8. The standard InChI is InChI=1S/C37H36F3N5O4S/c1-4-31(46)44-12-13-45-29(22(44)2)20-28(42-45)36-34(32-26(39)18-24(38)19-30(32)49-17-16-47-3)33-27(40)21-50-37(33)35(41-36)23-6-8-25(9-7-23)48-15-14-43-10-5-11-43/h4,6-9,18-22H,1,5,10-17H2,2-3H3. The first kappa shape index (κ1) is 33.8. The van der Waals surface area contributed by atoms with Crippen molar-refractivity contribution >= 4 is 27.3 Å². The Bertz CT molecular complexity index is 2060. The number of methoxy groups -OCH3 is 1. The van der Waals surface area contributed by atoms with E-state index in [1.165, 1.54) is 25.0 Å². The van der Waals surface area contributed by atoms with Gasteiger partial charge in [0.2, 0.25) is 5.91 Å². The highest BCUT2D eigenvalue weighted by Crippen LogP contribution is 2.48. The van der Waals surface area contributed by atoms with Crippen LogP contribution in [0.4, 0.5) is 13.2 Å². The maximum Gasteiger partial charge on any atom is 0.246 e. The van der Waals surface area contributed by atoms with Crippen molar-refractivity contribution < 1.29 is 32.2 Å². The van der Waals surface area contributed by atoms with Crippen molar-refractivity contribution in [2.24, 2.45) is 0 Å². The van der Waals surface area contributed by atoms with Gasteiger partial charge in [-0.15, -0.1) is 11.3 Å². The minimum Gasteiger partial charge on any atom is -0.492 e. The van der Waals surface area contributed by atoms with Gasteiger partial charge in [-0.25, -0.2) is 18.2 Å². The Morgan fingerprint density at radius 2 is 1.78 bits per heavy atom. The van der Waals surface area contributed by atoms with E-state index in [0.29, 0.717) is 47.1 Å². The number of carbonyl (C=O) groups excluding carboxylic acids is 1. The lowest BCUT2D eigenvalue weighted by Gasteiger charge is -2.33. The second-order valence-electron chi connectivity index (χ2n) is 12.2. The number of aromatic nitrogens is 3. The number of rotatable bonds is 12. The molecule has 2 aliphatic heterocycles. The average molecular weight is 704 g/mol. The van der Waals surface area contributed by atoms with Gasteiger partial charge >= 0.3 is 0 Å². The lowest BCUT2D eigenvalue weighted by atomic mass is 9.94. The molecule has 2 aliphatic rings. The molecule has 1 unspecified atom stereocenters. The number of hydrogen-bond donors (Lipinski definition) is 0. The van der Waals surface area contributed by atoms with E-state index in [1.807, 2.05) is 31.2 Å². The summed E-state index contributed by atoms with van der Waals surface area (Å²) in [4.78, 5) is 21.7. The minimum atomic E-state index is -0.944. The number of ether oxygens (including phenoxy) is 3. The number of nitrogens with zero attached hydrogens (tertiary/aromatic N) is 5. The molecule has 5 heterocycles. The Morgan fingerprint density at radius 3 is 2.50 bits per heavy atom. The van der Waals surface area contributed by atoms with E-state index in [4.69, 9.17) is 24.3 Å². The molecule has 0 spiro atoms. The van der Waals surface area contributed by atoms with Crippen LogP contribution in [0.15, 0.2) is 60.5 Å². The van der Waals surface area contributed by atoms with Crippen molar-refractivity contribution in [3.8, 4) is 45.3 Å². The van der Waals surface area contributed by atoms with Gasteiger partial charge < -0.3 is 19.1 Å². The Kier molecular flexibility index (Phi) is 9.63. The van der Waals surface area contributed by atoms with Crippen molar-refractivity contribution in [1.29, 1.82) is 0 Å². The number of halogens is 3. The summed E-state index contributed by atoms with van der Waals surface area (Å²) in [7, 11) is 1.48. The van der Waals surface area contributed by atoms with Crippen molar-refractivity contribution in [2.75, 3.05) is 53.1 Å². The first-order valence-corrected chi connectivity index (χ1v) is 17.3. The number of pyridine rings is 1. The third-order valence-electron chi connectivity index (χ3n) is 9.20. The third kappa shape index (κ3) is 6.36. The first-order valence-electron chi connectivity index (χ1n) is 16.5. The molecule has 1 atom stereocenters. The Labute approximate surface area is 291 Å². The number of carbonyl (C=O) groups is 1. The molecule has 50 heavy (non-hydrogen) atoms. The van der Waals surface area contributed by atoms with Gasteiger partial charge in [0.15, 0.2) is 0 Å². The quantitative estimate of drug-likeness (QED) is 0.101. The fraction of sp³-hybridized carbons (Fsp3) is 0.324. The summed E-state index contributed by atoms with van der Waals surface area (Å²) < 4.78 is 66.0. The summed E-state index contributed by atoms with van der Waals surface area (Å²) in [5, 5.41) is 6.30. The highest BCUT2D eigenvalue weighted by Gasteiger charge is 2.32. The van der Waals surface area contributed by atoms with Gasteiger partial charge in [-0.2, -0.15) is 5.10 Å². The second-order valence-corrected chi connectivity index (χ2v) is 13.1. The van der Waals surface area contributed by atoms with Crippen LogP contribution in [0.1, 0.15) is 25.1 Å². The summed E-state index contributed by atoms with van der Waals surface area (Å²) in [5.74, 6) is -2.03. The molecule has 0 saturated carbocycles. The predicted molar refractivity (Wildman–Crippen MR) is 186 cm³/mol. The number of thiophene rings is 1. The molecule has 0 N–H and O–H groups in total. The number of benzene rings is 2. The van der Waals surface area contributed by atoms with Crippen LogP contribution in [0.5, 0.6) is 11.5 Å². The highest BCUT2D eigenvalue weighted by atomic mass is 32.1. The maximum absolute atomic E-state index is 16.1. The van der Waals surface area contributed by atoms with Crippen LogP contribution in [0, 0.1) is 17.5 Å². The first-order chi connectivity index (χ1) is 24.3. The van der Waals surface area contributed by atoms with Gasteiger partial charge in [0.1, 0.15) is 53.6 Å². The number of amides is 1. The third-order valence-corrected chi connectivity index (χ3v) is 10.2. The smallest absolute Gasteiger partial charge is 0.246 e. The number of likely N-dealkylation sites (tertiary alicyclic amines) is 1. The van der Waals surface area contributed by atoms with Crippen LogP contribution in [-0.4, -0.2) is 83.6 Å². The maximum atomic E-state index is 16.1. The molecule has 7 rings (SSSR count). The second kappa shape index (κ2) is 14.3. The summed E-state index contributed by atoms with van der Waals surface area (Å²) >= 11 is 1.14. The van der Waals surface area contributed by atoms with E-state index in [0.717, 1.165) is 48.8 Å². The molecular formula is C37H36F3N5O4S. The molecule has 0 radical (unpaired) electrons. The highest BCUT2D eigenvalue weighted by molar-refractivity contribution is 7.17. The summed E-state index contributed by atoms with van der Waals surface area (Å²) in [6.45, 7) is 10.1. The van der Waals surface area contributed by atoms with E-state index in [1.54, 1.807) is 15.6 Å². The Hall–Kier alpha value is -4.72. The Morgan fingerprint density at radius 1 is 0.980 bits per heavy atom. The van der Waals surface area contributed by atoms with Crippen LogP contribution in [-0.2, 0) is 16.1 Å². The van der Waals surface area contributed by atoms with Crippen molar-refractivity contribution in [1.82, 2.24) is 24.6 Å². The lowest BCUT2D eigenvalue weighted by molar-refractivity contribution is -0.129. The summed E-state index contributed by atoms with van der Waals surface area (Å²) in [6.07, 6.45) is 2.48. The van der Waals surface area contributed by atoms with Gasteiger partial charge in [-0.1, -0.05) is 6.58 Å². The molecule has 1 saturated heterocycles. The van der Waals surface area contributed by atoms with Crippen LogP contribution in [0.2, 0.25) is 0 Å². The fourth-order valence-electron chi connectivity index (χ4n) is 6.49.